The summed E-state index contributed by atoms with van der Waals surface area (Å²) in [5, 5.41) is 0. The number of nitrogens with two attached hydrogens (primary N) is 1. The van der Waals surface area contributed by atoms with Crippen LogP contribution in [0.25, 0.3) is 11.5 Å². The first-order valence-electron chi connectivity index (χ1n) is 8.26. The normalized spacial score (nSPS) is 23.1. The van der Waals surface area contributed by atoms with Gasteiger partial charge in [0.05, 0.1) is 18.4 Å². The Hall–Kier alpha value is -1.85. The van der Waals surface area contributed by atoms with Crippen LogP contribution in [0.1, 0.15) is 25.0 Å². The summed E-state index contributed by atoms with van der Waals surface area (Å²) in [6.45, 7) is 2.84. The highest BCUT2D eigenvalue weighted by molar-refractivity contribution is 5.62. The van der Waals surface area contributed by atoms with Crippen molar-refractivity contribution >= 4 is 0 Å². The summed E-state index contributed by atoms with van der Waals surface area (Å²) in [6.07, 6.45) is 5.62. The number of methoxy groups -OCH3 is 1. The van der Waals surface area contributed by atoms with Crippen molar-refractivity contribution in [2.24, 2.45) is 11.1 Å². The molecule has 5 heteroatoms. The van der Waals surface area contributed by atoms with E-state index < -0.39 is 0 Å². The first kappa shape index (κ1) is 14.7. The number of hydrogen-bond donors (Lipinski definition) is 1. The summed E-state index contributed by atoms with van der Waals surface area (Å²) in [4.78, 5) is 7.05. The van der Waals surface area contributed by atoms with E-state index in [-0.39, 0.29) is 0 Å². The van der Waals surface area contributed by atoms with Crippen LogP contribution in [0.5, 0.6) is 5.75 Å². The minimum Gasteiger partial charge on any atom is -0.496 e. The summed E-state index contributed by atoms with van der Waals surface area (Å²) in [5.41, 5.74) is 8.56. The topological polar surface area (TPSA) is 64.5 Å². The summed E-state index contributed by atoms with van der Waals surface area (Å²) < 4.78 is 11.1. The zero-order chi connectivity index (χ0) is 15.9. The van der Waals surface area contributed by atoms with E-state index >= 15 is 0 Å². The van der Waals surface area contributed by atoms with Crippen LogP contribution in [-0.4, -0.2) is 36.1 Å². The highest BCUT2D eigenvalue weighted by atomic mass is 16.5. The van der Waals surface area contributed by atoms with Crippen molar-refractivity contribution < 1.29 is 9.15 Å². The zero-order valence-corrected chi connectivity index (χ0v) is 13.5. The van der Waals surface area contributed by atoms with Crippen molar-refractivity contribution in [1.82, 2.24) is 9.88 Å². The second-order valence-corrected chi connectivity index (χ2v) is 6.84. The number of oxazole rings is 1. The van der Waals surface area contributed by atoms with Gasteiger partial charge in [-0.15, -0.1) is 0 Å². The number of rotatable bonds is 4. The van der Waals surface area contributed by atoms with E-state index in [1.54, 1.807) is 13.4 Å². The van der Waals surface area contributed by atoms with Crippen molar-refractivity contribution in [3.63, 3.8) is 0 Å². The third-order valence-electron chi connectivity index (χ3n) is 5.40. The Labute approximate surface area is 136 Å². The molecule has 2 aromatic rings. The van der Waals surface area contributed by atoms with Crippen LogP contribution in [0.15, 0.2) is 34.9 Å². The third-order valence-corrected chi connectivity index (χ3v) is 5.40. The molecular formula is C18H23N3O2. The van der Waals surface area contributed by atoms with Crippen LogP contribution in [0.3, 0.4) is 0 Å². The van der Waals surface area contributed by atoms with Crippen LogP contribution < -0.4 is 10.5 Å². The van der Waals surface area contributed by atoms with Crippen LogP contribution in [0, 0.1) is 5.41 Å². The second kappa shape index (κ2) is 5.65. The summed E-state index contributed by atoms with van der Waals surface area (Å²) in [5.74, 6) is 1.39. The zero-order valence-electron chi connectivity index (χ0n) is 13.5. The van der Waals surface area contributed by atoms with Gasteiger partial charge in [-0.1, -0.05) is 18.6 Å². The molecule has 2 fully saturated rings. The maximum atomic E-state index is 6.35. The van der Waals surface area contributed by atoms with Gasteiger partial charge in [0.15, 0.2) is 0 Å². The molecule has 1 aromatic carbocycles. The lowest BCUT2D eigenvalue weighted by atomic mass is 9.66. The molecule has 2 N–H and O–H groups in total. The molecular weight excluding hydrogens is 290 g/mol. The number of benzene rings is 1. The van der Waals surface area contributed by atoms with E-state index in [1.165, 1.54) is 19.3 Å². The van der Waals surface area contributed by atoms with Crippen LogP contribution in [0.2, 0.25) is 0 Å². The van der Waals surface area contributed by atoms with Gasteiger partial charge in [-0.3, -0.25) is 4.90 Å². The van der Waals surface area contributed by atoms with Gasteiger partial charge in [-0.2, -0.15) is 0 Å². The van der Waals surface area contributed by atoms with Crippen molar-refractivity contribution in [1.29, 1.82) is 0 Å². The monoisotopic (exact) mass is 313 g/mol. The highest BCUT2D eigenvalue weighted by Crippen LogP contribution is 2.47. The Morgan fingerprint density at radius 2 is 2.22 bits per heavy atom. The molecule has 1 atom stereocenters. The molecule has 1 aliphatic carbocycles. The minimum absolute atomic E-state index is 0.303. The molecule has 1 spiro atoms. The molecule has 1 aliphatic heterocycles. The molecule has 0 radical (unpaired) electrons. The van der Waals surface area contributed by atoms with Crippen molar-refractivity contribution in [2.75, 3.05) is 20.2 Å². The minimum atomic E-state index is 0.303. The first-order chi connectivity index (χ1) is 11.2. The van der Waals surface area contributed by atoms with E-state index in [0.29, 0.717) is 17.3 Å². The summed E-state index contributed by atoms with van der Waals surface area (Å²) in [7, 11) is 1.66. The number of aromatic nitrogens is 1. The predicted octanol–water partition coefficient (Wildman–Crippen LogP) is 2.66. The smallest absolute Gasteiger partial charge is 0.229 e. The quantitative estimate of drug-likeness (QED) is 0.940. The number of likely N-dealkylation sites (tertiary alicyclic amines) is 1. The predicted molar refractivity (Wildman–Crippen MR) is 88.0 cm³/mol. The molecule has 2 aliphatic rings. The molecule has 1 unspecified atom stereocenters. The highest BCUT2D eigenvalue weighted by Gasteiger charge is 2.48. The summed E-state index contributed by atoms with van der Waals surface area (Å²) >= 11 is 0. The van der Waals surface area contributed by atoms with Gasteiger partial charge in [0.2, 0.25) is 5.89 Å². The van der Waals surface area contributed by atoms with Crippen LogP contribution in [0.4, 0.5) is 0 Å². The average Bonchev–Trinajstić information content (AvgIpc) is 3.11. The third kappa shape index (κ3) is 2.54. The Morgan fingerprint density at radius 1 is 1.39 bits per heavy atom. The van der Waals surface area contributed by atoms with E-state index in [9.17, 15) is 0 Å². The number of ether oxygens (including phenoxy) is 1. The average molecular weight is 313 g/mol. The molecule has 0 amide bonds. The van der Waals surface area contributed by atoms with Crippen molar-refractivity contribution in [2.45, 2.75) is 31.8 Å². The molecule has 122 valence electrons. The lowest BCUT2D eigenvalue weighted by molar-refractivity contribution is 0.121. The van der Waals surface area contributed by atoms with Gasteiger partial charge >= 0.3 is 0 Å². The first-order valence-corrected chi connectivity index (χ1v) is 8.26. The Balaban J connectivity index is 1.49. The van der Waals surface area contributed by atoms with Gasteiger partial charge in [0.1, 0.15) is 12.0 Å². The van der Waals surface area contributed by atoms with Crippen LogP contribution in [-0.2, 0) is 6.54 Å². The maximum Gasteiger partial charge on any atom is 0.229 e. The molecule has 5 nitrogen and oxygen atoms in total. The lowest BCUT2D eigenvalue weighted by Gasteiger charge is -2.41. The fourth-order valence-electron chi connectivity index (χ4n) is 3.93. The SMILES string of the molecule is COc1ccccc1-c1nc(CN2CC(N)C3(CCC3)C2)co1. The Morgan fingerprint density at radius 3 is 2.91 bits per heavy atom. The molecule has 23 heavy (non-hydrogen) atoms. The van der Waals surface area contributed by atoms with Gasteiger partial charge in [-0.05, 0) is 30.4 Å². The second-order valence-electron chi connectivity index (χ2n) is 6.84. The number of hydrogen-bond acceptors (Lipinski definition) is 5. The molecule has 4 rings (SSSR count). The van der Waals surface area contributed by atoms with Gasteiger partial charge in [0.25, 0.3) is 0 Å². The molecule has 1 saturated carbocycles. The van der Waals surface area contributed by atoms with E-state index in [4.69, 9.17) is 14.9 Å². The molecule has 1 saturated heterocycles. The number of nitrogens with zero attached hydrogens (tertiary/aromatic N) is 2. The van der Waals surface area contributed by atoms with E-state index in [0.717, 1.165) is 36.6 Å². The molecule has 2 heterocycles. The van der Waals surface area contributed by atoms with Gasteiger partial charge in [-0.25, -0.2) is 4.98 Å². The summed E-state index contributed by atoms with van der Waals surface area (Å²) in [6, 6.07) is 8.08. The van der Waals surface area contributed by atoms with Crippen molar-refractivity contribution in [3.05, 3.63) is 36.2 Å². The largest absolute Gasteiger partial charge is 0.496 e. The van der Waals surface area contributed by atoms with Crippen molar-refractivity contribution in [3.8, 4) is 17.2 Å². The standard InChI is InChI=1S/C18H23N3O2/c1-22-15-6-3-2-5-14(15)17-20-13(11-23-17)9-21-10-16(19)18(12-21)7-4-8-18/h2-3,5-6,11,16H,4,7-10,12,19H2,1H3. The molecule has 1 aromatic heterocycles. The lowest BCUT2D eigenvalue weighted by Crippen LogP contribution is -2.45. The van der Waals surface area contributed by atoms with Gasteiger partial charge < -0.3 is 14.9 Å². The Kier molecular flexibility index (Phi) is 3.62. The van der Waals surface area contributed by atoms with E-state index in [1.807, 2.05) is 24.3 Å². The fourth-order valence-corrected chi connectivity index (χ4v) is 3.93. The molecule has 0 bridgehead atoms. The fraction of sp³-hybridized carbons (Fsp3) is 0.500. The van der Waals surface area contributed by atoms with Gasteiger partial charge in [0, 0.05) is 25.7 Å². The Bertz CT molecular complexity index is 693. The van der Waals surface area contributed by atoms with E-state index in [2.05, 4.69) is 9.88 Å². The van der Waals surface area contributed by atoms with Crippen LogP contribution >= 0.6 is 0 Å². The number of para-hydroxylation sites is 1. The maximum absolute atomic E-state index is 6.35.